The van der Waals surface area contributed by atoms with E-state index in [0.717, 1.165) is 16.8 Å². The molecule has 3 aromatic rings. The standard InChI is InChI=1S/C18H13FN2/c19-16-11-12-20-13-17(16)21-18(14-7-3-1-4-8-14)15-9-5-2-6-10-15/h1-13H. The number of rotatable bonds is 3. The maximum atomic E-state index is 13.8. The summed E-state index contributed by atoms with van der Waals surface area (Å²) in [6.07, 6.45) is 2.85. The van der Waals surface area contributed by atoms with Crippen LogP contribution in [0, 0.1) is 5.82 Å². The van der Waals surface area contributed by atoms with E-state index in [9.17, 15) is 4.39 Å². The van der Waals surface area contributed by atoms with Gasteiger partial charge in [-0.1, -0.05) is 60.7 Å². The number of nitrogens with zero attached hydrogens (tertiary/aromatic N) is 2. The molecule has 0 N–H and O–H groups in total. The summed E-state index contributed by atoms with van der Waals surface area (Å²) in [5, 5.41) is 0. The van der Waals surface area contributed by atoms with E-state index in [1.54, 1.807) is 0 Å². The minimum atomic E-state index is -0.380. The first-order chi connectivity index (χ1) is 10.3. The summed E-state index contributed by atoms with van der Waals surface area (Å²) < 4.78 is 13.8. The van der Waals surface area contributed by atoms with Crippen molar-refractivity contribution in [3.8, 4) is 0 Å². The highest BCUT2D eigenvalue weighted by Crippen LogP contribution is 2.20. The van der Waals surface area contributed by atoms with Gasteiger partial charge in [0.1, 0.15) is 5.69 Å². The molecule has 0 bridgehead atoms. The summed E-state index contributed by atoms with van der Waals surface area (Å²) in [7, 11) is 0. The van der Waals surface area contributed by atoms with Crippen molar-refractivity contribution in [2.75, 3.05) is 0 Å². The Morgan fingerprint density at radius 1 is 0.810 bits per heavy atom. The van der Waals surface area contributed by atoms with E-state index in [2.05, 4.69) is 9.98 Å². The second-order valence-corrected chi connectivity index (χ2v) is 4.52. The van der Waals surface area contributed by atoms with Crippen LogP contribution in [0.4, 0.5) is 10.1 Å². The quantitative estimate of drug-likeness (QED) is 0.651. The molecule has 0 aliphatic rings. The fourth-order valence-corrected chi connectivity index (χ4v) is 2.06. The van der Waals surface area contributed by atoms with Crippen molar-refractivity contribution < 1.29 is 4.39 Å². The van der Waals surface area contributed by atoms with Crippen molar-refractivity contribution in [2.45, 2.75) is 0 Å². The highest BCUT2D eigenvalue weighted by Gasteiger charge is 2.08. The van der Waals surface area contributed by atoms with Crippen LogP contribution in [0.1, 0.15) is 11.1 Å². The molecule has 0 aliphatic heterocycles. The molecule has 0 atom stereocenters. The van der Waals surface area contributed by atoms with Gasteiger partial charge in [-0.05, 0) is 6.07 Å². The number of benzene rings is 2. The Morgan fingerprint density at radius 3 is 1.90 bits per heavy atom. The van der Waals surface area contributed by atoms with E-state index >= 15 is 0 Å². The van der Waals surface area contributed by atoms with Gasteiger partial charge in [0.15, 0.2) is 5.82 Å². The Balaban J connectivity index is 2.16. The molecule has 2 nitrogen and oxygen atoms in total. The van der Waals surface area contributed by atoms with Gasteiger partial charge in [0.2, 0.25) is 0 Å². The molecule has 1 heterocycles. The molecule has 0 radical (unpaired) electrons. The molecule has 3 rings (SSSR count). The Bertz CT molecular complexity index is 711. The van der Waals surface area contributed by atoms with Crippen LogP contribution in [0.5, 0.6) is 0 Å². The summed E-state index contributed by atoms with van der Waals surface area (Å²) in [6.45, 7) is 0. The van der Waals surface area contributed by atoms with E-state index in [1.165, 1.54) is 18.5 Å². The minimum absolute atomic E-state index is 0.236. The molecule has 0 amide bonds. The summed E-state index contributed by atoms with van der Waals surface area (Å²) in [5.41, 5.74) is 2.84. The Morgan fingerprint density at radius 2 is 1.38 bits per heavy atom. The predicted molar refractivity (Wildman–Crippen MR) is 82.4 cm³/mol. The maximum absolute atomic E-state index is 13.8. The second-order valence-electron chi connectivity index (χ2n) is 4.52. The summed E-state index contributed by atoms with van der Waals surface area (Å²) >= 11 is 0. The lowest BCUT2D eigenvalue weighted by Gasteiger charge is -2.07. The SMILES string of the molecule is Fc1ccncc1N=C(c1ccccc1)c1ccccc1. The Kier molecular flexibility index (Phi) is 3.83. The molecule has 0 aliphatic carbocycles. The molecule has 0 saturated heterocycles. The van der Waals surface area contributed by atoms with Gasteiger partial charge >= 0.3 is 0 Å². The summed E-state index contributed by atoms with van der Waals surface area (Å²) in [5.74, 6) is -0.380. The summed E-state index contributed by atoms with van der Waals surface area (Å²) in [6, 6.07) is 20.8. The highest BCUT2D eigenvalue weighted by atomic mass is 19.1. The average Bonchev–Trinajstić information content (AvgIpc) is 2.56. The smallest absolute Gasteiger partial charge is 0.151 e. The van der Waals surface area contributed by atoms with Crippen molar-refractivity contribution >= 4 is 11.4 Å². The van der Waals surface area contributed by atoms with Gasteiger partial charge in [0, 0.05) is 17.3 Å². The largest absolute Gasteiger partial charge is 0.262 e. The van der Waals surface area contributed by atoms with Gasteiger partial charge in [-0.15, -0.1) is 0 Å². The lowest BCUT2D eigenvalue weighted by atomic mass is 10.0. The van der Waals surface area contributed by atoms with Gasteiger partial charge in [0.05, 0.1) is 11.9 Å². The molecule has 3 heteroatoms. The second kappa shape index (κ2) is 6.09. The van der Waals surface area contributed by atoms with Crippen LogP contribution < -0.4 is 0 Å². The minimum Gasteiger partial charge on any atom is -0.262 e. The lowest BCUT2D eigenvalue weighted by molar-refractivity contribution is 0.628. The van der Waals surface area contributed by atoms with E-state index < -0.39 is 0 Å². The van der Waals surface area contributed by atoms with Gasteiger partial charge in [-0.25, -0.2) is 9.38 Å². The van der Waals surface area contributed by atoms with Crippen molar-refractivity contribution in [3.63, 3.8) is 0 Å². The lowest BCUT2D eigenvalue weighted by Crippen LogP contribution is -2.02. The maximum Gasteiger partial charge on any atom is 0.151 e. The zero-order valence-corrected chi connectivity index (χ0v) is 11.3. The molecule has 2 aromatic carbocycles. The van der Waals surface area contributed by atoms with Crippen LogP contribution in [0.25, 0.3) is 0 Å². The Labute approximate surface area is 122 Å². The van der Waals surface area contributed by atoms with Crippen LogP contribution in [-0.4, -0.2) is 10.7 Å². The van der Waals surface area contributed by atoms with Gasteiger partial charge in [-0.2, -0.15) is 0 Å². The molecule has 1 aromatic heterocycles. The zero-order valence-electron chi connectivity index (χ0n) is 11.3. The molecule has 0 spiro atoms. The van der Waals surface area contributed by atoms with E-state index in [0.29, 0.717) is 0 Å². The summed E-state index contributed by atoms with van der Waals surface area (Å²) in [4.78, 5) is 8.42. The highest BCUT2D eigenvalue weighted by molar-refractivity contribution is 6.13. The third kappa shape index (κ3) is 3.03. The number of halogens is 1. The zero-order chi connectivity index (χ0) is 14.5. The average molecular weight is 276 g/mol. The van der Waals surface area contributed by atoms with Crippen LogP contribution in [0.3, 0.4) is 0 Å². The van der Waals surface area contributed by atoms with Gasteiger partial charge < -0.3 is 0 Å². The number of aromatic nitrogens is 1. The number of hydrogen-bond acceptors (Lipinski definition) is 2. The molecule has 0 saturated carbocycles. The molecular weight excluding hydrogens is 263 g/mol. The van der Waals surface area contributed by atoms with E-state index in [4.69, 9.17) is 0 Å². The van der Waals surface area contributed by atoms with Crippen molar-refractivity contribution in [1.29, 1.82) is 0 Å². The predicted octanol–water partition coefficient (Wildman–Crippen LogP) is 4.39. The van der Waals surface area contributed by atoms with Gasteiger partial charge in [0.25, 0.3) is 0 Å². The molecular formula is C18H13FN2. The fourth-order valence-electron chi connectivity index (χ4n) is 2.06. The number of hydrogen-bond donors (Lipinski definition) is 0. The van der Waals surface area contributed by atoms with Crippen molar-refractivity contribution in [3.05, 3.63) is 96.1 Å². The Hall–Kier alpha value is -2.81. The van der Waals surface area contributed by atoms with Crippen LogP contribution in [-0.2, 0) is 0 Å². The number of pyridine rings is 1. The first-order valence-corrected chi connectivity index (χ1v) is 6.63. The molecule has 102 valence electrons. The third-order valence-electron chi connectivity index (χ3n) is 3.08. The molecule has 21 heavy (non-hydrogen) atoms. The van der Waals surface area contributed by atoms with Crippen molar-refractivity contribution in [1.82, 2.24) is 4.98 Å². The van der Waals surface area contributed by atoms with E-state index in [1.807, 2.05) is 60.7 Å². The van der Waals surface area contributed by atoms with Crippen molar-refractivity contribution in [2.24, 2.45) is 4.99 Å². The monoisotopic (exact) mass is 276 g/mol. The molecule has 0 fully saturated rings. The fraction of sp³-hybridized carbons (Fsp3) is 0. The molecule has 0 unspecified atom stereocenters. The topological polar surface area (TPSA) is 25.2 Å². The van der Waals surface area contributed by atoms with Crippen LogP contribution in [0.2, 0.25) is 0 Å². The normalized spacial score (nSPS) is 10.1. The van der Waals surface area contributed by atoms with Crippen LogP contribution >= 0.6 is 0 Å². The van der Waals surface area contributed by atoms with Gasteiger partial charge in [-0.3, -0.25) is 4.98 Å². The van der Waals surface area contributed by atoms with E-state index in [-0.39, 0.29) is 11.5 Å². The first-order valence-electron chi connectivity index (χ1n) is 6.63. The number of aliphatic imine (C=N–C) groups is 1. The third-order valence-corrected chi connectivity index (χ3v) is 3.08. The van der Waals surface area contributed by atoms with Crippen LogP contribution in [0.15, 0.2) is 84.1 Å². The first kappa shape index (κ1) is 13.2.